The van der Waals surface area contributed by atoms with Crippen LogP contribution in [0.25, 0.3) is 0 Å². The molecule has 3 nitrogen and oxygen atoms in total. The number of hydrogen-bond acceptors (Lipinski definition) is 3. The smallest absolute Gasteiger partial charge is 0.268 e. The van der Waals surface area contributed by atoms with Crippen LogP contribution in [-0.4, -0.2) is 10.1 Å². The number of aromatic nitrogens is 1. The third kappa shape index (κ3) is 1.40. The summed E-state index contributed by atoms with van der Waals surface area (Å²) in [6, 6.07) is 0. The van der Waals surface area contributed by atoms with Gasteiger partial charge in [-0.2, -0.15) is 0 Å². The lowest BCUT2D eigenvalue weighted by Crippen LogP contribution is -1.98. The Morgan fingerprint density at radius 3 is 2.58 bits per heavy atom. The maximum atomic E-state index is 12.2. The van der Waals surface area contributed by atoms with Crippen LogP contribution in [0.2, 0.25) is 5.15 Å². The van der Waals surface area contributed by atoms with Crippen molar-refractivity contribution >= 4 is 17.3 Å². The summed E-state index contributed by atoms with van der Waals surface area (Å²) in [5.41, 5.74) is 4.08. The number of hydrogen-bond donors (Lipinski definition) is 2. The monoisotopic (exact) mass is 194 g/mol. The number of nitrogens with zero attached hydrogens (tertiary/aromatic N) is 1. The third-order valence-electron chi connectivity index (χ3n) is 1.31. The van der Waals surface area contributed by atoms with Crippen molar-refractivity contribution in [1.29, 1.82) is 0 Å². The van der Waals surface area contributed by atoms with Gasteiger partial charge in [0.25, 0.3) is 6.43 Å². The van der Waals surface area contributed by atoms with E-state index in [1.54, 1.807) is 0 Å². The van der Waals surface area contributed by atoms with E-state index in [9.17, 15) is 8.78 Å². The lowest BCUT2D eigenvalue weighted by atomic mass is 10.2. The lowest BCUT2D eigenvalue weighted by molar-refractivity contribution is 0.151. The van der Waals surface area contributed by atoms with Gasteiger partial charge in [0.2, 0.25) is 0 Å². The fourth-order valence-electron chi connectivity index (χ4n) is 0.714. The first-order valence-electron chi connectivity index (χ1n) is 2.95. The van der Waals surface area contributed by atoms with Gasteiger partial charge in [-0.3, -0.25) is 0 Å². The molecule has 1 rings (SSSR count). The van der Waals surface area contributed by atoms with Gasteiger partial charge < -0.3 is 10.8 Å². The van der Waals surface area contributed by atoms with Crippen molar-refractivity contribution in [3.8, 4) is 5.75 Å². The van der Waals surface area contributed by atoms with Gasteiger partial charge in [-0.25, -0.2) is 13.8 Å². The van der Waals surface area contributed by atoms with Gasteiger partial charge in [-0.15, -0.1) is 0 Å². The first-order valence-corrected chi connectivity index (χ1v) is 3.32. The molecule has 0 bridgehead atoms. The quantitative estimate of drug-likeness (QED) is 0.672. The Balaban J connectivity index is 3.33. The molecular weight excluding hydrogens is 190 g/mol. The predicted molar refractivity (Wildman–Crippen MR) is 40.3 cm³/mol. The first kappa shape index (κ1) is 8.99. The molecular formula is C6H5ClF2N2O. The number of anilines is 1. The van der Waals surface area contributed by atoms with Crippen LogP contribution in [0.1, 0.15) is 12.0 Å². The van der Waals surface area contributed by atoms with Crippen LogP contribution in [0.4, 0.5) is 14.5 Å². The predicted octanol–water partition coefficient (Wildman–Crippen LogP) is 1.96. The van der Waals surface area contributed by atoms with Gasteiger partial charge in [-0.05, 0) is 0 Å². The van der Waals surface area contributed by atoms with E-state index in [4.69, 9.17) is 22.4 Å². The molecule has 0 atom stereocenters. The number of nitrogens with two attached hydrogens (primary N) is 1. The molecule has 12 heavy (non-hydrogen) atoms. The Kier molecular flexibility index (Phi) is 2.32. The summed E-state index contributed by atoms with van der Waals surface area (Å²) in [6.45, 7) is 0. The van der Waals surface area contributed by atoms with Crippen molar-refractivity contribution in [2.24, 2.45) is 0 Å². The summed E-state index contributed by atoms with van der Waals surface area (Å²) in [4.78, 5) is 3.32. The summed E-state index contributed by atoms with van der Waals surface area (Å²) in [5.74, 6) is -0.491. The molecule has 6 heteroatoms. The average molecular weight is 195 g/mol. The Morgan fingerprint density at radius 2 is 2.17 bits per heavy atom. The van der Waals surface area contributed by atoms with E-state index in [2.05, 4.69) is 4.98 Å². The summed E-state index contributed by atoms with van der Waals surface area (Å²) in [6.07, 6.45) is -1.92. The number of aromatic hydroxyl groups is 1. The zero-order chi connectivity index (χ0) is 9.30. The summed E-state index contributed by atoms with van der Waals surface area (Å²) < 4.78 is 24.3. The maximum Gasteiger partial charge on any atom is 0.268 e. The molecule has 0 aliphatic heterocycles. The maximum absolute atomic E-state index is 12.2. The standard InChI is InChI=1S/C6H5ClF2N2O/c7-5-3(6(8)9)4(10)2(12)1-11-5/h1,6,12H,(H2,10,11). The average Bonchev–Trinajstić information content (AvgIpc) is 1.97. The molecule has 0 unspecified atom stereocenters. The largest absolute Gasteiger partial charge is 0.504 e. The van der Waals surface area contributed by atoms with Crippen molar-refractivity contribution < 1.29 is 13.9 Å². The van der Waals surface area contributed by atoms with Gasteiger partial charge in [0.05, 0.1) is 17.4 Å². The van der Waals surface area contributed by atoms with Gasteiger partial charge in [0.15, 0.2) is 5.75 Å². The Bertz CT molecular complexity index is 306. The van der Waals surface area contributed by atoms with Crippen molar-refractivity contribution in [1.82, 2.24) is 4.98 Å². The molecule has 66 valence electrons. The van der Waals surface area contributed by atoms with E-state index in [0.717, 1.165) is 6.20 Å². The highest BCUT2D eigenvalue weighted by Gasteiger charge is 2.19. The lowest BCUT2D eigenvalue weighted by Gasteiger charge is -2.06. The SMILES string of the molecule is Nc1c(O)cnc(Cl)c1C(F)F. The topological polar surface area (TPSA) is 59.1 Å². The zero-order valence-electron chi connectivity index (χ0n) is 5.76. The van der Waals surface area contributed by atoms with Crippen LogP contribution in [0.5, 0.6) is 5.75 Å². The van der Waals surface area contributed by atoms with Crippen molar-refractivity contribution in [3.63, 3.8) is 0 Å². The van der Waals surface area contributed by atoms with E-state index < -0.39 is 23.4 Å². The molecule has 0 saturated heterocycles. The molecule has 1 aromatic rings. The van der Waals surface area contributed by atoms with Gasteiger partial charge >= 0.3 is 0 Å². The van der Waals surface area contributed by atoms with E-state index >= 15 is 0 Å². The number of pyridine rings is 1. The van der Waals surface area contributed by atoms with E-state index in [-0.39, 0.29) is 5.15 Å². The molecule has 0 fully saturated rings. The van der Waals surface area contributed by atoms with Crippen LogP contribution in [-0.2, 0) is 0 Å². The van der Waals surface area contributed by atoms with Crippen LogP contribution in [0.15, 0.2) is 6.20 Å². The number of rotatable bonds is 1. The minimum atomic E-state index is -2.84. The summed E-state index contributed by atoms with van der Waals surface area (Å²) in [7, 11) is 0. The Labute approximate surface area is 71.8 Å². The van der Waals surface area contributed by atoms with E-state index in [1.165, 1.54) is 0 Å². The molecule has 0 amide bonds. The number of nitrogen functional groups attached to an aromatic ring is 1. The molecule has 3 N–H and O–H groups in total. The fourth-order valence-corrected chi connectivity index (χ4v) is 0.947. The molecule has 1 aromatic heterocycles. The van der Waals surface area contributed by atoms with Crippen LogP contribution in [0.3, 0.4) is 0 Å². The second-order valence-corrected chi connectivity index (χ2v) is 2.42. The van der Waals surface area contributed by atoms with Gasteiger partial charge in [0.1, 0.15) is 5.15 Å². The third-order valence-corrected chi connectivity index (χ3v) is 1.61. The van der Waals surface area contributed by atoms with Crippen molar-refractivity contribution in [2.75, 3.05) is 5.73 Å². The molecule has 0 radical (unpaired) electrons. The molecule has 1 heterocycles. The Morgan fingerprint density at radius 1 is 1.58 bits per heavy atom. The minimum Gasteiger partial charge on any atom is -0.504 e. The van der Waals surface area contributed by atoms with E-state index in [1.807, 2.05) is 0 Å². The summed E-state index contributed by atoms with van der Waals surface area (Å²) >= 11 is 5.31. The summed E-state index contributed by atoms with van der Waals surface area (Å²) in [5, 5.41) is 8.51. The number of halogens is 3. The minimum absolute atomic E-state index is 0.389. The van der Waals surface area contributed by atoms with Crippen LogP contribution in [0, 0.1) is 0 Å². The second-order valence-electron chi connectivity index (χ2n) is 2.06. The zero-order valence-corrected chi connectivity index (χ0v) is 6.52. The molecule has 0 aliphatic carbocycles. The molecule has 0 aliphatic rings. The highest BCUT2D eigenvalue weighted by molar-refractivity contribution is 6.30. The normalized spacial score (nSPS) is 10.7. The molecule has 0 spiro atoms. The highest BCUT2D eigenvalue weighted by atomic mass is 35.5. The van der Waals surface area contributed by atoms with Crippen molar-refractivity contribution in [2.45, 2.75) is 6.43 Å². The Hall–Kier alpha value is -1.10. The fraction of sp³-hybridized carbons (Fsp3) is 0.167. The van der Waals surface area contributed by atoms with Crippen LogP contribution < -0.4 is 5.73 Å². The first-order chi connectivity index (χ1) is 5.54. The van der Waals surface area contributed by atoms with E-state index in [0.29, 0.717) is 0 Å². The molecule has 0 aromatic carbocycles. The van der Waals surface area contributed by atoms with Gasteiger partial charge in [0, 0.05) is 0 Å². The second kappa shape index (κ2) is 3.10. The van der Waals surface area contributed by atoms with Gasteiger partial charge in [-0.1, -0.05) is 11.6 Å². The van der Waals surface area contributed by atoms with Crippen molar-refractivity contribution in [3.05, 3.63) is 16.9 Å². The number of alkyl halides is 2. The highest BCUT2D eigenvalue weighted by Crippen LogP contribution is 2.35. The van der Waals surface area contributed by atoms with Crippen LogP contribution >= 0.6 is 11.6 Å². The molecule has 0 saturated carbocycles.